The number of nitrogens with zero attached hydrogens (tertiary/aromatic N) is 6. The van der Waals surface area contributed by atoms with Gasteiger partial charge < -0.3 is 20.3 Å². The van der Waals surface area contributed by atoms with Gasteiger partial charge in [-0.2, -0.15) is 5.10 Å². The molecule has 168 valence electrons. The molecule has 0 aliphatic carbocycles. The Hall–Kier alpha value is -3.40. The number of ether oxygens (including phenoxy) is 1. The summed E-state index contributed by atoms with van der Waals surface area (Å²) >= 11 is 0. The summed E-state index contributed by atoms with van der Waals surface area (Å²) in [4.78, 5) is 26.2. The SMILES string of the molecule is COc1cc2nc(C)nn2cc1NC(=O)N1CCc2c(N3C[C@@H](C)N[C@@H](C)C3)ccnc21. The topological polar surface area (TPSA) is 99.9 Å². The molecule has 0 spiro atoms. The number of aryl methyl sites for hydroxylation is 1. The van der Waals surface area contributed by atoms with Crippen molar-refractivity contribution in [3.8, 4) is 5.75 Å². The van der Waals surface area contributed by atoms with E-state index in [4.69, 9.17) is 4.74 Å². The number of carbonyl (C=O) groups excluding carboxylic acids is 1. The lowest BCUT2D eigenvalue weighted by atomic mass is 10.1. The predicted octanol–water partition coefficient (Wildman–Crippen LogP) is 2.22. The van der Waals surface area contributed by atoms with Gasteiger partial charge in [0.05, 0.1) is 13.3 Å². The molecule has 0 aromatic carbocycles. The third-order valence-electron chi connectivity index (χ3n) is 5.99. The van der Waals surface area contributed by atoms with Crippen LogP contribution in [0.25, 0.3) is 5.65 Å². The summed E-state index contributed by atoms with van der Waals surface area (Å²) in [6.45, 7) is 8.66. The first-order valence-electron chi connectivity index (χ1n) is 10.9. The van der Waals surface area contributed by atoms with Gasteiger partial charge in [-0.15, -0.1) is 0 Å². The molecule has 5 heterocycles. The normalized spacial score (nSPS) is 20.5. The van der Waals surface area contributed by atoms with E-state index in [-0.39, 0.29) is 6.03 Å². The Morgan fingerprint density at radius 3 is 2.81 bits per heavy atom. The number of rotatable bonds is 3. The Labute approximate surface area is 186 Å². The average molecular weight is 437 g/mol. The smallest absolute Gasteiger partial charge is 0.327 e. The van der Waals surface area contributed by atoms with Crippen molar-refractivity contribution in [3.63, 3.8) is 0 Å². The summed E-state index contributed by atoms with van der Waals surface area (Å²) in [5.74, 6) is 1.90. The van der Waals surface area contributed by atoms with E-state index in [0.29, 0.717) is 41.5 Å². The second-order valence-electron chi connectivity index (χ2n) is 8.56. The first-order valence-corrected chi connectivity index (χ1v) is 10.9. The van der Waals surface area contributed by atoms with Gasteiger partial charge in [-0.3, -0.25) is 4.90 Å². The Kier molecular flexibility index (Phi) is 5.09. The number of piperazine rings is 1. The summed E-state index contributed by atoms with van der Waals surface area (Å²) in [6.07, 6.45) is 4.29. The standard InChI is InChI=1S/C22H28N8O2/c1-13-10-28(11-14(2)24-13)18-5-7-23-21-16(18)6-8-29(21)22(31)26-17-12-30-20(9-19(17)32-4)25-15(3)27-30/h5,7,9,12-14,24H,6,8,10-11H2,1-4H3,(H,26,31)/t13-,14+. The number of nitrogens with one attached hydrogen (secondary N) is 2. The highest BCUT2D eigenvalue weighted by Gasteiger charge is 2.31. The molecule has 3 aromatic heterocycles. The molecule has 10 nitrogen and oxygen atoms in total. The third-order valence-corrected chi connectivity index (χ3v) is 5.99. The number of carbonyl (C=O) groups is 1. The van der Waals surface area contributed by atoms with Gasteiger partial charge in [0.15, 0.2) is 5.65 Å². The molecule has 2 aliphatic rings. The number of methoxy groups -OCH3 is 1. The maximum atomic E-state index is 13.2. The highest BCUT2D eigenvalue weighted by atomic mass is 16.5. The highest BCUT2D eigenvalue weighted by Crippen LogP contribution is 2.35. The van der Waals surface area contributed by atoms with Gasteiger partial charge in [-0.25, -0.2) is 19.3 Å². The zero-order valence-electron chi connectivity index (χ0n) is 18.8. The van der Waals surface area contributed by atoms with E-state index >= 15 is 0 Å². The quantitative estimate of drug-likeness (QED) is 0.649. The van der Waals surface area contributed by atoms with E-state index < -0.39 is 0 Å². The zero-order chi connectivity index (χ0) is 22.4. The average Bonchev–Trinajstić information content (AvgIpc) is 3.34. The lowest BCUT2D eigenvalue weighted by Crippen LogP contribution is -2.54. The molecule has 5 rings (SSSR count). The van der Waals surface area contributed by atoms with E-state index in [9.17, 15) is 4.79 Å². The maximum absolute atomic E-state index is 13.2. The lowest BCUT2D eigenvalue weighted by Gasteiger charge is -2.38. The predicted molar refractivity (Wildman–Crippen MR) is 123 cm³/mol. The molecule has 0 unspecified atom stereocenters. The molecule has 32 heavy (non-hydrogen) atoms. The number of hydrogen-bond donors (Lipinski definition) is 2. The second kappa shape index (κ2) is 7.94. The number of fused-ring (bicyclic) bond motifs is 2. The fourth-order valence-electron chi connectivity index (χ4n) is 4.76. The van der Waals surface area contributed by atoms with Crippen LogP contribution in [0.2, 0.25) is 0 Å². The first-order chi connectivity index (χ1) is 15.4. The number of urea groups is 1. The Bertz CT molecular complexity index is 1170. The molecule has 2 amide bonds. The van der Waals surface area contributed by atoms with E-state index in [1.165, 1.54) is 5.69 Å². The molecule has 2 atom stereocenters. The van der Waals surface area contributed by atoms with Crippen LogP contribution < -0.4 is 25.2 Å². The van der Waals surface area contributed by atoms with Crippen molar-refractivity contribution in [1.82, 2.24) is 24.9 Å². The molecule has 3 aromatic rings. The molecule has 10 heteroatoms. The van der Waals surface area contributed by atoms with E-state index in [0.717, 1.165) is 30.9 Å². The van der Waals surface area contributed by atoms with E-state index in [1.807, 2.05) is 6.92 Å². The van der Waals surface area contributed by atoms with Gasteiger partial charge in [0, 0.05) is 55.2 Å². The van der Waals surface area contributed by atoms with Crippen LogP contribution in [0.4, 0.5) is 22.0 Å². The molecular weight excluding hydrogens is 408 g/mol. The maximum Gasteiger partial charge on any atom is 0.327 e. The highest BCUT2D eigenvalue weighted by molar-refractivity contribution is 6.03. The molecule has 1 saturated heterocycles. The van der Waals surface area contributed by atoms with Crippen LogP contribution in [0.3, 0.4) is 0 Å². The minimum atomic E-state index is -0.245. The summed E-state index contributed by atoms with van der Waals surface area (Å²) in [7, 11) is 1.57. The number of hydrogen-bond acceptors (Lipinski definition) is 7. The first kappa shape index (κ1) is 20.5. The molecule has 1 fully saturated rings. The molecule has 2 aliphatic heterocycles. The van der Waals surface area contributed by atoms with E-state index in [2.05, 4.69) is 50.5 Å². The van der Waals surface area contributed by atoms with E-state index in [1.54, 1.807) is 35.0 Å². The fraction of sp³-hybridized carbons (Fsp3) is 0.455. The zero-order valence-corrected chi connectivity index (χ0v) is 18.8. The van der Waals surface area contributed by atoms with Crippen molar-refractivity contribution in [3.05, 3.63) is 35.9 Å². The van der Waals surface area contributed by atoms with Gasteiger partial charge in [0.25, 0.3) is 0 Å². The van der Waals surface area contributed by atoms with Crippen LogP contribution in [0.15, 0.2) is 24.5 Å². The Morgan fingerprint density at radius 2 is 2.06 bits per heavy atom. The molecule has 0 bridgehead atoms. The van der Waals surface area contributed by atoms with Gasteiger partial charge in [-0.1, -0.05) is 0 Å². The van der Waals surface area contributed by atoms with Crippen molar-refractivity contribution in [2.75, 3.05) is 41.9 Å². The van der Waals surface area contributed by atoms with Crippen LogP contribution >= 0.6 is 0 Å². The Morgan fingerprint density at radius 1 is 1.28 bits per heavy atom. The van der Waals surface area contributed by atoms with Crippen LogP contribution in [0, 0.1) is 6.92 Å². The minimum absolute atomic E-state index is 0.245. The largest absolute Gasteiger partial charge is 0.494 e. The monoisotopic (exact) mass is 436 g/mol. The van der Waals surface area contributed by atoms with Crippen LogP contribution in [-0.2, 0) is 6.42 Å². The molecule has 2 N–H and O–H groups in total. The summed E-state index contributed by atoms with van der Waals surface area (Å²) in [5, 5.41) is 10.9. The summed E-state index contributed by atoms with van der Waals surface area (Å²) in [5.41, 5.74) is 3.49. The van der Waals surface area contributed by atoms with Crippen molar-refractivity contribution in [2.45, 2.75) is 39.3 Å². The Balaban J connectivity index is 1.41. The van der Waals surface area contributed by atoms with Gasteiger partial charge >= 0.3 is 6.03 Å². The second-order valence-corrected chi connectivity index (χ2v) is 8.56. The van der Waals surface area contributed by atoms with Crippen molar-refractivity contribution in [2.24, 2.45) is 0 Å². The third kappa shape index (κ3) is 3.60. The van der Waals surface area contributed by atoms with Crippen molar-refractivity contribution in [1.29, 1.82) is 0 Å². The fourth-order valence-corrected chi connectivity index (χ4v) is 4.76. The number of pyridine rings is 2. The molecule has 0 radical (unpaired) electrons. The lowest BCUT2D eigenvalue weighted by molar-refractivity contribution is 0.257. The van der Waals surface area contributed by atoms with Gasteiger partial charge in [-0.05, 0) is 33.3 Å². The minimum Gasteiger partial charge on any atom is -0.494 e. The van der Waals surface area contributed by atoms with Gasteiger partial charge in [0.2, 0.25) is 0 Å². The number of amides is 2. The summed E-state index contributed by atoms with van der Waals surface area (Å²) < 4.78 is 7.11. The van der Waals surface area contributed by atoms with Crippen LogP contribution in [0.1, 0.15) is 25.2 Å². The van der Waals surface area contributed by atoms with Crippen LogP contribution in [-0.4, -0.2) is 64.4 Å². The van der Waals surface area contributed by atoms with Gasteiger partial charge in [0.1, 0.15) is 23.1 Å². The molecular formula is C22H28N8O2. The number of anilines is 3. The van der Waals surface area contributed by atoms with Crippen molar-refractivity contribution < 1.29 is 9.53 Å². The summed E-state index contributed by atoms with van der Waals surface area (Å²) in [6, 6.07) is 4.40. The van der Waals surface area contributed by atoms with Crippen molar-refractivity contribution >= 4 is 28.9 Å². The molecule has 0 saturated carbocycles. The van der Waals surface area contributed by atoms with Crippen LogP contribution in [0.5, 0.6) is 5.75 Å². The number of aromatic nitrogens is 4.